The summed E-state index contributed by atoms with van der Waals surface area (Å²) in [5.41, 5.74) is 3.00. The zero-order chi connectivity index (χ0) is 22.2. The number of non-ortho nitro benzene ring substituents is 1. The number of hydrogen-bond acceptors (Lipinski definition) is 3. The van der Waals surface area contributed by atoms with E-state index in [1.165, 1.54) is 24.3 Å². The normalized spacial score (nSPS) is 18.6. The minimum absolute atomic E-state index is 0.0129. The second-order valence-corrected chi connectivity index (χ2v) is 9.62. The van der Waals surface area contributed by atoms with Crippen LogP contribution >= 0.6 is 0 Å². The van der Waals surface area contributed by atoms with Gasteiger partial charge in [-0.3, -0.25) is 0 Å². The van der Waals surface area contributed by atoms with Gasteiger partial charge in [0.1, 0.15) is 0 Å². The van der Waals surface area contributed by atoms with Crippen LogP contribution in [-0.4, -0.2) is 24.5 Å². The Bertz CT molecular complexity index is 1130. The first kappa shape index (κ1) is 21.3. The molecule has 1 aliphatic heterocycles. The summed E-state index contributed by atoms with van der Waals surface area (Å²) in [4.78, 5) is 15.3. The molecule has 1 aliphatic rings. The first-order valence-electron chi connectivity index (χ1n) is 9.45. The van der Waals surface area contributed by atoms with Gasteiger partial charge in [0.25, 0.3) is 0 Å². The molecule has 0 aromatic heterocycles. The monoisotopic (exact) mass is 490 g/mol. The van der Waals surface area contributed by atoms with Gasteiger partial charge in [0.15, 0.2) is 0 Å². The van der Waals surface area contributed by atoms with E-state index in [2.05, 4.69) is 0 Å². The Morgan fingerprint density at radius 3 is 2.03 bits per heavy atom. The summed E-state index contributed by atoms with van der Waals surface area (Å²) >= 11 is -0.124. The standard InChI is InChI=1S/C23H17F3N2O2Se/c1-14-2-4-17(5-3-14)22-27-20(15-8-12-19(13-9-15)28(29)30)21(31-22)16-6-10-18(11-7-16)23(24,25)26/h2-13,20-21H,1H3. The van der Waals surface area contributed by atoms with Gasteiger partial charge in [-0.25, -0.2) is 0 Å². The molecule has 0 radical (unpaired) electrons. The molecule has 3 aromatic rings. The second kappa shape index (κ2) is 8.29. The Hall–Kier alpha value is -2.96. The van der Waals surface area contributed by atoms with Crippen LogP contribution in [0.5, 0.6) is 0 Å². The number of nitrogens with zero attached hydrogens (tertiary/aromatic N) is 2. The molecule has 0 saturated carbocycles. The average molecular weight is 489 g/mol. The topological polar surface area (TPSA) is 55.5 Å². The van der Waals surface area contributed by atoms with Gasteiger partial charge in [0.2, 0.25) is 0 Å². The van der Waals surface area contributed by atoms with Crippen molar-refractivity contribution in [3.8, 4) is 0 Å². The molecule has 2 atom stereocenters. The number of aryl methyl sites for hydroxylation is 1. The molecule has 158 valence electrons. The maximum absolute atomic E-state index is 13.0. The van der Waals surface area contributed by atoms with Crippen molar-refractivity contribution in [3.63, 3.8) is 0 Å². The predicted octanol–water partition coefficient (Wildman–Crippen LogP) is 5.87. The number of alkyl halides is 3. The Balaban J connectivity index is 1.72. The number of hydrogen-bond donors (Lipinski definition) is 0. The van der Waals surface area contributed by atoms with Crippen molar-refractivity contribution in [1.82, 2.24) is 0 Å². The molecule has 3 aromatic carbocycles. The van der Waals surface area contributed by atoms with E-state index in [0.29, 0.717) is 0 Å². The van der Waals surface area contributed by atoms with E-state index in [0.717, 1.165) is 39.0 Å². The van der Waals surface area contributed by atoms with Crippen molar-refractivity contribution in [2.45, 2.75) is 24.0 Å². The quantitative estimate of drug-likeness (QED) is 0.262. The Kier molecular flexibility index (Phi) is 5.69. The van der Waals surface area contributed by atoms with Gasteiger partial charge >= 0.3 is 183 Å². The van der Waals surface area contributed by atoms with Gasteiger partial charge in [-0.1, -0.05) is 0 Å². The van der Waals surface area contributed by atoms with Gasteiger partial charge in [0.05, 0.1) is 0 Å². The SMILES string of the molecule is Cc1ccc(C2=NC(c3ccc([N+](=O)[O-])cc3)C(c3ccc(C(F)(F)F)cc3)[Se]2)cc1. The van der Waals surface area contributed by atoms with E-state index in [1.54, 1.807) is 12.1 Å². The molecule has 0 saturated heterocycles. The summed E-state index contributed by atoms with van der Waals surface area (Å²) in [6.45, 7) is 2.00. The van der Waals surface area contributed by atoms with Gasteiger partial charge in [-0.05, 0) is 0 Å². The van der Waals surface area contributed by atoms with Crippen molar-refractivity contribution < 1.29 is 18.1 Å². The van der Waals surface area contributed by atoms with E-state index in [1.807, 2.05) is 31.2 Å². The van der Waals surface area contributed by atoms with Crippen molar-refractivity contribution in [2.24, 2.45) is 4.99 Å². The van der Waals surface area contributed by atoms with Crippen LogP contribution in [-0.2, 0) is 6.18 Å². The van der Waals surface area contributed by atoms with Gasteiger partial charge in [0, 0.05) is 0 Å². The molecule has 0 fully saturated rings. The maximum atomic E-state index is 13.0. The third kappa shape index (κ3) is 4.55. The Morgan fingerprint density at radius 1 is 0.903 bits per heavy atom. The van der Waals surface area contributed by atoms with E-state index < -0.39 is 16.7 Å². The molecule has 0 bridgehead atoms. The van der Waals surface area contributed by atoms with E-state index in [9.17, 15) is 23.3 Å². The number of nitro benzene ring substituents is 1. The predicted molar refractivity (Wildman–Crippen MR) is 113 cm³/mol. The summed E-state index contributed by atoms with van der Waals surface area (Å²) in [6.07, 6.45) is -4.39. The Labute approximate surface area is 183 Å². The molecule has 0 aliphatic carbocycles. The van der Waals surface area contributed by atoms with Crippen LogP contribution in [0.4, 0.5) is 18.9 Å². The molecule has 0 spiro atoms. The van der Waals surface area contributed by atoms with Gasteiger partial charge < -0.3 is 0 Å². The number of benzene rings is 3. The van der Waals surface area contributed by atoms with Crippen LogP contribution in [0.2, 0.25) is 0 Å². The van der Waals surface area contributed by atoms with Crippen molar-refractivity contribution in [2.75, 3.05) is 0 Å². The molecular formula is C23H17F3N2O2Se. The van der Waals surface area contributed by atoms with Crippen LogP contribution in [0.25, 0.3) is 0 Å². The molecular weight excluding hydrogens is 472 g/mol. The van der Waals surface area contributed by atoms with Crippen LogP contribution in [0.15, 0.2) is 77.8 Å². The van der Waals surface area contributed by atoms with Crippen LogP contribution in [0, 0.1) is 17.0 Å². The Morgan fingerprint density at radius 2 is 1.48 bits per heavy atom. The minimum atomic E-state index is -4.39. The molecule has 2 unspecified atom stereocenters. The molecule has 31 heavy (non-hydrogen) atoms. The van der Waals surface area contributed by atoms with Crippen molar-refractivity contribution >= 4 is 25.3 Å². The number of halogens is 3. The number of nitro groups is 1. The summed E-state index contributed by atoms with van der Waals surface area (Å²) < 4.78 is 39.9. The van der Waals surface area contributed by atoms with E-state index in [-0.39, 0.29) is 31.5 Å². The van der Waals surface area contributed by atoms with E-state index >= 15 is 0 Å². The molecule has 4 rings (SSSR count). The average Bonchev–Trinajstić information content (AvgIpc) is 3.19. The van der Waals surface area contributed by atoms with Crippen molar-refractivity contribution in [1.29, 1.82) is 0 Å². The second-order valence-electron chi connectivity index (χ2n) is 7.25. The van der Waals surface area contributed by atoms with Crippen LogP contribution in [0.1, 0.15) is 38.7 Å². The summed E-state index contributed by atoms with van der Waals surface area (Å²) in [5.74, 6) is 0. The first-order chi connectivity index (χ1) is 14.7. The van der Waals surface area contributed by atoms with Crippen LogP contribution < -0.4 is 0 Å². The number of rotatable bonds is 4. The molecule has 0 N–H and O–H groups in total. The fourth-order valence-corrected chi connectivity index (χ4v) is 6.19. The molecule has 8 heteroatoms. The van der Waals surface area contributed by atoms with Gasteiger partial charge in [-0.15, -0.1) is 0 Å². The fraction of sp³-hybridized carbons (Fsp3) is 0.174. The zero-order valence-electron chi connectivity index (χ0n) is 16.3. The van der Waals surface area contributed by atoms with E-state index in [4.69, 9.17) is 4.99 Å². The molecule has 0 amide bonds. The summed E-state index contributed by atoms with van der Waals surface area (Å²) in [5, 5.41) is 11.0. The zero-order valence-corrected chi connectivity index (χ0v) is 18.0. The molecule has 4 nitrogen and oxygen atoms in total. The van der Waals surface area contributed by atoms with Crippen molar-refractivity contribution in [3.05, 3.63) is 111 Å². The fourth-order valence-electron chi connectivity index (χ4n) is 3.40. The van der Waals surface area contributed by atoms with Crippen LogP contribution in [0.3, 0.4) is 0 Å². The third-order valence-corrected chi connectivity index (χ3v) is 7.92. The van der Waals surface area contributed by atoms with Gasteiger partial charge in [-0.2, -0.15) is 0 Å². The number of aliphatic imine (C=N–C) groups is 1. The third-order valence-electron chi connectivity index (χ3n) is 5.09. The first-order valence-corrected chi connectivity index (χ1v) is 11.3. The summed E-state index contributed by atoms with van der Waals surface area (Å²) in [6, 6.07) is 19.1. The summed E-state index contributed by atoms with van der Waals surface area (Å²) in [7, 11) is 0. The molecule has 1 heterocycles.